The predicted molar refractivity (Wildman–Crippen MR) is 107 cm³/mol. The van der Waals surface area contributed by atoms with Gasteiger partial charge in [0.05, 0.1) is 22.6 Å². The molecule has 6 nitrogen and oxygen atoms in total. The summed E-state index contributed by atoms with van der Waals surface area (Å²) in [6.45, 7) is 0. The van der Waals surface area contributed by atoms with Crippen LogP contribution in [-0.4, -0.2) is 20.2 Å². The van der Waals surface area contributed by atoms with Gasteiger partial charge >= 0.3 is 0 Å². The summed E-state index contributed by atoms with van der Waals surface area (Å²) >= 11 is 0. The highest BCUT2D eigenvalue weighted by molar-refractivity contribution is 7.91. The Morgan fingerprint density at radius 3 is 1.82 bits per heavy atom. The van der Waals surface area contributed by atoms with E-state index in [0.717, 1.165) is 4.90 Å². The van der Waals surface area contributed by atoms with Gasteiger partial charge in [0.1, 0.15) is 0 Å². The lowest BCUT2D eigenvalue weighted by Gasteiger charge is -2.15. The number of nitrogens with zero attached hydrogens (tertiary/aromatic N) is 1. The molecule has 140 valence electrons. The first-order valence-electron chi connectivity index (χ1n) is 8.57. The third-order valence-corrected chi connectivity index (χ3v) is 5.65. The quantitative estimate of drug-likeness (QED) is 0.675. The minimum Gasteiger partial charge on any atom is -0.283 e. The monoisotopic (exact) mass is 392 g/mol. The van der Waals surface area contributed by atoms with Crippen molar-refractivity contribution in [2.75, 3.05) is 9.62 Å². The average molecular weight is 392 g/mol. The maximum absolute atomic E-state index is 12.5. The van der Waals surface area contributed by atoms with Crippen molar-refractivity contribution >= 4 is 33.2 Å². The molecule has 7 heteroatoms. The second-order valence-electron chi connectivity index (χ2n) is 6.38. The summed E-state index contributed by atoms with van der Waals surface area (Å²) < 4.78 is 27.2. The smallest absolute Gasteiger partial charge is 0.266 e. The summed E-state index contributed by atoms with van der Waals surface area (Å²) in [4.78, 5) is 26.1. The van der Waals surface area contributed by atoms with Crippen LogP contribution in [0.5, 0.6) is 0 Å². The molecule has 1 aliphatic heterocycles. The van der Waals surface area contributed by atoms with Gasteiger partial charge in [-0.1, -0.05) is 42.5 Å². The lowest BCUT2D eigenvalue weighted by molar-refractivity contribution is 0.0926. The highest BCUT2D eigenvalue weighted by Gasteiger charge is 2.36. The maximum atomic E-state index is 12.5. The topological polar surface area (TPSA) is 83.6 Å². The molecule has 0 spiro atoms. The van der Waals surface area contributed by atoms with E-state index in [9.17, 15) is 18.0 Å². The number of fused-ring (bicyclic) bond motifs is 1. The van der Waals surface area contributed by atoms with E-state index in [4.69, 9.17) is 0 Å². The SMILES string of the molecule is O=C1c2ccccc2C(=O)N1c1ccc(NS(=O)(=O)Cc2ccccc2)cc1. The Bertz CT molecular complexity index is 1120. The molecular formula is C21H16N2O4S. The Labute approximate surface area is 162 Å². The fourth-order valence-corrected chi connectivity index (χ4v) is 4.31. The predicted octanol–water partition coefficient (Wildman–Crippen LogP) is 3.43. The Morgan fingerprint density at radius 2 is 1.25 bits per heavy atom. The standard InChI is InChI=1S/C21H16N2O4S/c24-20-18-8-4-5-9-19(18)21(25)23(20)17-12-10-16(11-13-17)22-28(26,27)14-15-6-2-1-3-7-15/h1-13,22H,14H2. The Kier molecular flexibility index (Phi) is 4.44. The van der Waals surface area contributed by atoms with Crippen molar-refractivity contribution in [2.24, 2.45) is 0 Å². The minimum absolute atomic E-state index is 0.145. The second-order valence-corrected chi connectivity index (χ2v) is 8.11. The van der Waals surface area contributed by atoms with Crippen LogP contribution < -0.4 is 9.62 Å². The van der Waals surface area contributed by atoms with Crippen LogP contribution in [0.1, 0.15) is 26.3 Å². The van der Waals surface area contributed by atoms with Gasteiger partial charge in [0, 0.05) is 5.69 Å². The normalized spacial score (nSPS) is 13.5. The molecule has 28 heavy (non-hydrogen) atoms. The first-order valence-corrected chi connectivity index (χ1v) is 10.2. The highest BCUT2D eigenvalue weighted by atomic mass is 32.2. The zero-order valence-electron chi connectivity index (χ0n) is 14.7. The lowest BCUT2D eigenvalue weighted by Crippen LogP contribution is -2.29. The fourth-order valence-electron chi connectivity index (χ4n) is 3.11. The molecule has 0 radical (unpaired) electrons. The van der Waals surface area contributed by atoms with Crippen molar-refractivity contribution in [3.63, 3.8) is 0 Å². The Balaban J connectivity index is 1.52. The zero-order valence-corrected chi connectivity index (χ0v) is 15.5. The van der Waals surface area contributed by atoms with Gasteiger partial charge in [0.25, 0.3) is 11.8 Å². The summed E-state index contributed by atoms with van der Waals surface area (Å²) in [6, 6.07) is 21.6. The Morgan fingerprint density at radius 1 is 0.714 bits per heavy atom. The van der Waals surface area contributed by atoms with Crippen molar-refractivity contribution in [2.45, 2.75) is 5.75 Å². The minimum atomic E-state index is -3.58. The number of carbonyl (C=O) groups excluding carboxylic acids is 2. The van der Waals surface area contributed by atoms with Crippen molar-refractivity contribution in [1.29, 1.82) is 0 Å². The second kappa shape index (κ2) is 6.94. The average Bonchev–Trinajstić information content (AvgIpc) is 2.94. The molecule has 3 aromatic carbocycles. The van der Waals surface area contributed by atoms with Crippen molar-refractivity contribution in [1.82, 2.24) is 0 Å². The number of sulfonamides is 1. The first kappa shape index (κ1) is 17.9. The van der Waals surface area contributed by atoms with Crippen molar-refractivity contribution in [3.8, 4) is 0 Å². The van der Waals surface area contributed by atoms with Crippen molar-refractivity contribution < 1.29 is 18.0 Å². The van der Waals surface area contributed by atoms with E-state index in [0.29, 0.717) is 28.1 Å². The van der Waals surface area contributed by atoms with Crippen LogP contribution in [0.15, 0.2) is 78.9 Å². The molecule has 0 aromatic heterocycles. The van der Waals surface area contributed by atoms with Gasteiger partial charge in [0.15, 0.2) is 0 Å². The van der Waals surface area contributed by atoms with Gasteiger partial charge in [-0.25, -0.2) is 13.3 Å². The van der Waals surface area contributed by atoms with Gasteiger partial charge in [-0.15, -0.1) is 0 Å². The molecule has 1 N–H and O–H groups in total. The summed E-state index contributed by atoms with van der Waals surface area (Å²) in [5.41, 5.74) is 2.14. The van der Waals surface area contributed by atoms with Crippen LogP contribution in [0.3, 0.4) is 0 Å². The molecule has 0 saturated carbocycles. The zero-order chi connectivity index (χ0) is 19.7. The molecule has 3 aromatic rings. The van der Waals surface area contributed by atoms with Gasteiger partial charge < -0.3 is 0 Å². The third kappa shape index (κ3) is 3.39. The summed E-state index contributed by atoms with van der Waals surface area (Å²) in [6.07, 6.45) is 0. The van der Waals surface area contributed by atoms with Crippen LogP contribution in [0.4, 0.5) is 11.4 Å². The molecule has 1 heterocycles. The van der Waals surface area contributed by atoms with Crippen LogP contribution >= 0.6 is 0 Å². The summed E-state index contributed by atoms with van der Waals surface area (Å²) in [7, 11) is -3.58. The van der Waals surface area contributed by atoms with Crippen LogP contribution in [0, 0.1) is 0 Å². The molecule has 2 amide bonds. The van der Waals surface area contributed by atoms with E-state index in [2.05, 4.69) is 4.72 Å². The molecule has 0 aliphatic carbocycles. The number of anilines is 2. The fraction of sp³-hybridized carbons (Fsp3) is 0.0476. The van der Waals surface area contributed by atoms with Crippen LogP contribution in [0.25, 0.3) is 0 Å². The van der Waals surface area contributed by atoms with E-state index >= 15 is 0 Å². The number of imide groups is 1. The van der Waals surface area contributed by atoms with E-state index in [1.807, 2.05) is 6.07 Å². The molecule has 0 bridgehead atoms. The first-order chi connectivity index (χ1) is 13.4. The van der Waals surface area contributed by atoms with E-state index in [1.165, 1.54) is 12.1 Å². The number of amides is 2. The number of carbonyl (C=O) groups is 2. The third-order valence-electron chi connectivity index (χ3n) is 4.39. The van der Waals surface area contributed by atoms with Crippen LogP contribution in [-0.2, 0) is 15.8 Å². The number of nitrogens with one attached hydrogen (secondary N) is 1. The lowest BCUT2D eigenvalue weighted by atomic mass is 10.1. The number of hydrogen-bond donors (Lipinski definition) is 1. The van der Waals surface area contributed by atoms with Gasteiger partial charge in [-0.05, 0) is 42.0 Å². The van der Waals surface area contributed by atoms with Gasteiger partial charge in [-0.2, -0.15) is 0 Å². The largest absolute Gasteiger partial charge is 0.283 e. The molecule has 0 fully saturated rings. The molecule has 0 atom stereocenters. The molecule has 0 unspecified atom stereocenters. The van der Waals surface area contributed by atoms with Gasteiger partial charge in [0.2, 0.25) is 10.0 Å². The number of rotatable bonds is 5. The van der Waals surface area contributed by atoms with E-state index < -0.39 is 21.8 Å². The van der Waals surface area contributed by atoms with Crippen molar-refractivity contribution in [3.05, 3.63) is 95.6 Å². The number of benzene rings is 3. The molecule has 1 aliphatic rings. The molecule has 4 rings (SSSR count). The Hall–Kier alpha value is -3.45. The highest BCUT2D eigenvalue weighted by Crippen LogP contribution is 2.29. The maximum Gasteiger partial charge on any atom is 0.266 e. The van der Waals surface area contributed by atoms with E-state index in [1.54, 1.807) is 60.7 Å². The van der Waals surface area contributed by atoms with Gasteiger partial charge in [-0.3, -0.25) is 14.3 Å². The summed E-state index contributed by atoms with van der Waals surface area (Å²) in [5, 5.41) is 0. The molecule has 0 saturated heterocycles. The summed E-state index contributed by atoms with van der Waals surface area (Å²) in [5.74, 6) is -0.926. The number of hydrogen-bond acceptors (Lipinski definition) is 4. The molecular weight excluding hydrogens is 376 g/mol. The van der Waals surface area contributed by atoms with E-state index in [-0.39, 0.29) is 5.75 Å². The van der Waals surface area contributed by atoms with Crippen LogP contribution in [0.2, 0.25) is 0 Å².